The summed E-state index contributed by atoms with van der Waals surface area (Å²) in [7, 11) is 1.69. The Hall–Kier alpha value is -5.20. The average molecular weight is 614 g/mol. The van der Waals surface area contributed by atoms with Gasteiger partial charge in [-0.05, 0) is 71.3 Å². The lowest BCUT2D eigenvalue weighted by Gasteiger charge is -2.28. The molecule has 0 aliphatic carbocycles. The smallest absolute Gasteiger partial charge is 0.338 e. The van der Waals surface area contributed by atoms with E-state index in [-0.39, 0.29) is 18.4 Å². The largest absolute Gasteiger partial charge is 0.489 e. The standard InChI is InChI=1S/C40H36FNO4/c1-40(2,27-44-3)38-37(30-14-16-31(17-15-30)39(43)46-26-29-12-8-5-9-13-29)35-24-34(45-25-28-10-6-4-7-11-28)22-23-36(35)42(38)33-20-18-32(41)19-21-33/h4-24H,25-27H2,1-3H3. The molecule has 1 heterocycles. The van der Waals surface area contributed by atoms with Crippen molar-refractivity contribution in [1.82, 2.24) is 4.57 Å². The fourth-order valence-corrected chi connectivity index (χ4v) is 5.90. The second-order valence-electron chi connectivity index (χ2n) is 11.9. The van der Waals surface area contributed by atoms with Crippen LogP contribution in [0, 0.1) is 5.82 Å². The predicted octanol–water partition coefficient (Wildman–Crippen LogP) is 9.30. The molecule has 0 spiro atoms. The Kier molecular flexibility index (Phi) is 8.99. The average Bonchev–Trinajstić information content (AvgIpc) is 3.43. The number of carbonyl (C=O) groups is 1. The summed E-state index contributed by atoms with van der Waals surface area (Å²) >= 11 is 0. The van der Waals surface area contributed by atoms with Gasteiger partial charge in [-0.2, -0.15) is 0 Å². The number of carbonyl (C=O) groups excluding carboxylic acids is 1. The Morgan fingerprint density at radius 3 is 2.02 bits per heavy atom. The van der Waals surface area contributed by atoms with Crippen molar-refractivity contribution in [1.29, 1.82) is 0 Å². The fourth-order valence-electron chi connectivity index (χ4n) is 5.90. The molecule has 0 radical (unpaired) electrons. The number of fused-ring (bicyclic) bond motifs is 1. The summed E-state index contributed by atoms with van der Waals surface area (Å²) in [6.45, 7) is 5.35. The quantitative estimate of drug-likeness (QED) is 0.137. The molecule has 6 heteroatoms. The van der Waals surface area contributed by atoms with E-state index in [1.807, 2.05) is 84.9 Å². The lowest BCUT2D eigenvalue weighted by Crippen LogP contribution is -2.27. The zero-order valence-corrected chi connectivity index (χ0v) is 26.2. The molecule has 0 amide bonds. The molecule has 0 aliphatic rings. The lowest BCUT2D eigenvalue weighted by molar-refractivity contribution is 0.0472. The monoisotopic (exact) mass is 613 g/mol. The predicted molar refractivity (Wildman–Crippen MR) is 180 cm³/mol. The second-order valence-corrected chi connectivity index (χ2v) is 11.9. The topological polar surface area (TPSA) is 49.7 Å². The molecule has 0 unspecified atom stereocenters. The number of benzene rings is 5. The Morgan fingerprint density at radius 2 is 1.39 bits per heavy atom. The minimum atomic E-state index is -0.462. The minimum absolute atomic E-state index is 0.202. The third kappa shape index (κ3) is 6.58. The molecule has 0 N–H and O–H groups in total. The maximum absolute atomic E-state index is 14.1. The van der Waals surface area contributed by atoms with Crippen molar-refractivity contribution in [2.75, 3.05) is 13.7 Å². The summed E-state index contributed by atoms with van der Waals surface area (Å²) in [6.07, 6.45) is 0. The van der Waals surface area contributed by atoms with Crippen molar-refractivity contribution in [3.63, 3.8) is 0 Å². The molecule has 232 valence electrons. The van der Waals surface area contributed by atoms with Gasteiger partial charge in [0, 0.05) is 34.9 Å². The van der Waals surface area contributed by atoms with Crippen molar-refractivity contribution < 1.29 is 23.4 Å². The Bertz CT molecular complexity index is 1930. The summed E-state index contributed by atoms with van der Waals surface area (Å²) in [5, 5.41) is 0.966. The molecule has 1 aromatic heterocycles. The third-order valence-corrected chi connectivity index (χ3v) is 8.04. The van der Waals surface area contributed by atoms with Crippen LogP contribution in [0.2, 0.25) is 0 Å². The molecule has 5 aromatic carbocycles. The second kappa shape index (κ2) is 13.4. The number of halogens is 1. The van der Waals surface area contributed by atoms with Gasteiger partial charge in [-0.3, -0.25) is 0 Å². The van der Waals surface area contributed by atoms with Crippen molar-refractivity contribution in [2.24, 2.45) is 0 Å². The summed E-state index contributed by atoms with van der Waals surface area (Å²) in [6, 6.07) is 39.7. The number of rotatable bonds is 11. The van der Waals surface area contributed by atoms with E-state index >= 15 is 0 Å². The normalized spacial score (nSPS) is 11.5. The first-order valence-corrected chi connectivity index (χ1v) is 15.3. The van der Waals surface area contributed by atoms with Crippen LogP contribution >= 0.6 is 0 Å². The molecule has 0 saturated heterocycles. The maximum atomic E-state index is 14.1. The molecular weight excluding hydrogens is 577 g/mol. The third-order valence-electron chi connectivity index (χ3n) is 8.04. The lowest BCUT2D eigenvalue weighted by atomic mass is 9.84. The molecule has 46 heavy (non-hydrogen) atoms. The van der Waals surface area contributed by atoms with Crippen LogP contribution in [0.5, 0.6) is 5.75 Å². The van der Waals surface area contributed by atoms with Crippen LogP contribution in [0.1, 0.15) is 41.0 Å². The van der Waals surface area contributed by atoms with Gasteiger partial charge in [-0.1, -0.05) is 86.6 Å². The highest BCUT2D eigenvalue weighted by Crippen LogP contribution is 2.44. The van der Waals surface area contributed by atoms with Gasteiger partial charge in [-0.25, -0.2) is 9.18 Å². The van der Waals surface area contributed by atoms with Gasteiger partial charge >= 0.3 is 5.97 Å². The zero-order valence-electron chi connectivity index (χ0n) is 26.2. The van der Waals surface area contributed by atoms with Crippen LogP contribution in [-0.4, -0.2) is 24.3 Å². The minimum Gasteiger partial charge on any atom is -0.489 e. The number of methoxy groups -OCH3 is 1. The van der Waals surface area contributed by atoms with Crippen LogP contribution in [0.4, 0.5) is 4.39 Å². The van der Waals surface area contributed by atoms with Crippen LogP contribution in [0.15, 0.2) is 127 Å². The van der Waals surface area contributed by atoms with Crippen LogP contribution < -0.4 is 4.74 Å². The van der Waals surface area contributed by atoms with Crippen molar-refractivity contribution in [3.8, 4) is 22.6 Å². The molecular formula is C40H36FNO4. The zero-order chi connectivity index (χ0) is 32.1. The van der Waals surface area contributed by atoms with E-state index in [2.05, 4.69) is 24.5 Å². The van der Waals surface area contributed by atoms with E-state index in [4.69, 9.17) is 14.2 Å². The first kappa shape index (κ1) is 30.8. The first-order chi connectivity index (χ1) is 22.3. The SMILES string of the molecule is COCC(C)(C)c1c(-c2ccc(C(=O)OCc3ccccc3)cc2)c2cc(OCc3ccccc3)ccc2n1-c1ccc(F)cc1. The highest BCUT2D eigenvalue weighted by molar-refractivity contribution is 6.01. The summed E-state index contributed by atoms with van der Waals surface area (Å²) < 4.78 is 33.8. The van der Waals surface area contributed by atoms with E-state index < -0.39 is 5.41 Å². The van der Waals surface area contributed by atoms with E-state index in [0.29, 0.717) is 18.8 Å². The Labute approximate surface area is 268 Å². The highest BCUT2D eigenvalue weighted by atomic mass is 19.1. The van der Waals surface area contributed by atoms with Gasteiger partial charge in [0.2, 0.25) is 0 Å². The van der Waals surface area contributed by atoms with Gasteiger partial charge in [0.15, 0.2) is 0 Å². The molecule has 0 fully saturated rings. The van der Waals surface area contributed by atoms with E-state index in [1.165, 1.54) is 12.1 Å². The van der Waals surface area contributed by atoms with Gasteiger partial charge in [0.1, 0.15) is 24.8 Å². The first-order valence-electron chi connectivity index (χ1n) is 15.3. The number of aromatic nitrogens is 1. The fraction of sp³-hybridized carbons (Fsp3) is 0.175. The summed E-state index contributed by atoms with van der Waals surface area (Å²) in [5.74, 6) is 0.0382. The molecule has 5 nitrogen and oxygen atoms in total. The van der Waals surface area contributed by atoms with Crippen LogP contribution in [0.3, 0.4) is 0 Å². The number of ether oxygens (including phenoxy) is 3. The molecule has 6 rings (SSSR count). The molecule has 6 aromatic rings. The molecule has 0 saturated carbocycles. The number of hydrogen-bond acceptors (Lipinski definition) is 4. The van der Waals surface area contributed by atoms with E-state index in [9.17, 15) is 9.18 Å². The van der Waals surface area contributed by atoms with Gasteiger partial charge in [0.25, 0.3) is 0 Å². The molecule has 0 aliphatic heterocycles. The number of hydrogen-bond donors (Lipinski definition) is 0. The highest BCUT2D eigenvalue weighted by Gasteiger charge is 2.32. The number of esters is 1. The van der Waals surface area contributed by atoms with Crippen LogP contribution in [-0.2, 0) is 28.1 Å². The Morgan fingerprint density at radius 1 is 0.761 bits per heavy atom. The number of nitrogens with zero attached hydrogens (tertiary/aromatic N) is 1. The van der Waals surface area contributed by atoms with E-state index in [1.54, 1.807) is 31.4 Å². The van der Waals surface area contributed by atoms with Crippen molar-refractivity contribution >= 4 is 16.9 Å². The Balaban J connectivity index is 1.46. The van der Waals surface area contributed by atoms with Gasteiger partial charge in [-0.15, -0.1) is 0 Å². The van der Waals surface area contributed by atoms with Crippen molar-refractivity contribution in [3.05, 3.63) is 156 Å². The van der Waals surface area contributed by atoms with E-state index in [0.717, 1.165) is 50.3 Å². The van der Waals surface area contributed by atoms with Gasteiger partial charge in [0.05, 0.1) is 17.7 Å². The molecule has 0 atom stereocenters. The van der Waals surface area contributed by atoms with Gasteiger partial charge < -0.3 is 18.8 Å². The van der Waals surface area contributed by atoms with Crippen LogP contribution in [0.25, 0.3) is 27.7 Å². The maximum Gasteiger partial charge on any atom is 0.338 e. The summed E-state index contributed by atoms with van der Waals surface area (Å²) in [5.41, 5.74) is 6.67. The molecule has 0 bridgehead atoms. The van der Waals surface area contributed by atoms with Crippen molar-refractivity contribution in [2.45, 2.75) is 32.5 Å². The summed E-state index contributed by atoms with van der Waals surface area (Å²) in [4.78, 5) is 12.9.